The van der Waals surface area contributed by atoms with E-state index in [1.54, 1.807) is 6.07 Å². The molecule has 42 heavy (non-hydrogen) atoms. The number of carboxylic acid groups (broad SMARTS) is 1. The van der Waals surface area contributed by atoms with Crippen molar-refractivity contribution in [3.63, 3.8) is 0 Å². The van der Waals surface area contributed by atoms with Crippen molar-refractivity contribution in [1.29, 1.82) is 0 Å². The van der Waals surface area contributed by atoms with E-state index in [1.807, 2.05) is 11.0 Å². The van der Waals surface area contributed by atoms with Crippen molar-refractivity contribution in [2.24, 2.45) is 17.8 Å². The highest BCUT2D eigenvalue weighted by molar-refractivity contribution is 5.73. The molecule has 5 nitrogen and oxygen atoms in total. The monoisotopic (exact) mass is 597 g/mol. The molecule has 3 heterocycles. The lowest BCUT2D eigenvalue weighted by atomic mass is 9.86. The zero-order valence-electron chi connectivity index (χ0n) is 23.4. The summed E-state index contributed by atoms with van der Waals surface area (Å²) in [5, 5.41) is 9.96. The van der Waals surface area contributed by atoms with Gasteiger partial charge in [0.05, 0.1) is 5.56 Å². The molecule has 0 amide bonds. The van der Waals surface area contributed by atoms with E-state index in [1.165, 1.54) is 12.1 Å². The summed E-state index contributed by atoms with van der Waals surface area (Å²) in [6, 6.07) is 7.37. The lowest BCUT2D eigenvalue weighted by molar-refractivity contribution is -0.143. The van der Waals surface area contributed by atoms with Gasteiger partial charge in [-0.2, -0.15) is 22.0 Å². The Kier molecular flexibility index (Phi) is 9.18. The standard InChI is InChI=1S/C31H37F6N3O2/c32-25-3-1-2-22(15-25)26-19-40(27(29(41)42)14-21-4-5-21)18-23(26)17-39-12-9-20(10-13-39)8-11-30(33,34)28-7-6-24(16-38-28)31(35,36)37/h1-3,6-7,15-16,20-21,23,26-27H,4-5,8-14,17-19H2,(H,41,42). The van der Waals surface area contributed by atoms with Crippen LogP contribution in [0.15, 0.2) is 42.6 Å². The van der Waals surface area contributed by atoms with Gasteiger partial charge in [0, 0.05) is 38.2 Å². The molecule has 0 bridgehead atoms. The summed E-state index contributed by atoms with van der Waals surface area (Å²) in [6.45, 7) is 3.31. The van der Waals surface area contributed by atoms with Crippen LogP contribution in [0.5, 0.6) is 0 Å². The van der Waals surface area contributed by atoms with Crippen LogP contribution in [0.2, 0.25) is 0 Å². The van der Waals surface area contributed by atoms with Gasteiger partial charge in [-0.05, 0) is 86.4 Å². The van der Waals surface area contributed by atoms with E-state index < -0.39 is 41.8 Å². The van der Waals surface area contributed by atoms with Gasteiger partial charge in [0.15, 0.2) is 0 Å². The molecule has 3 unspecified atom stereocenters. The normalized spacial score (nSPS) is 23.8. The summed E-state index contributed by atoms with van der Waals surface area (Å²) >= 11 is 0. The van der Waals surface area contributed by atoms with Crippen molar-refractivity contribution in [2.75, 3.05) is 32.7 Å². The highest BCUT2D eigenvalue weighted by atomic mass is 19.4. The van der Waals surface area contributed by atoms with Gasteiger partial charge in [0.25, 0.3) is 5.92 Å². The third kappa shape index (κ3) is 7.64. The number of benzene rings is 1. The first-order valence-electron chi connectivity index (χ1n) is 14.8. The summed E-state index contributed by atoms with van der Waals surface area (Å²) in [7, 11) is 0. The molecule has 1 saturated carbocycles. The lowest BCUT2D eigenvalue weighted by Gasteiger charge is -2.35. The molecule has 1 aromatic heterocycles. The predicted molar refractivity (Wildman–Crippen MR) is 144 cm³/mol. The van der Waals surface area contributed by atoms with E-state index in [9.17, 15) is 36.2 Å². The van der Waals surface area contributed by atoms with Crippen LogP contribution in [0.4, 0.5) is 26.3 Å². The molecule has 0 spiro atoms. The number of aliphatic carboxylic acids is 1. The average Bonchev–Trinajstić information content (AvgIpc) is 3.68. The molecule has 1 N–H and O–H groups in total. The third-order valence-corrected chi connectivity index (χ3v) is 9.26. The van der Waals surface area contributed by atoms with Crippen molar-refractivity contribution in [3.8, 4) is 0 Å². The Morgan fingerprint density at radius 1 is 1.00 bits per heavy atom. The van der Waals surface area contributed by atoms with Crippen LogP contribution in [-0.2, 0) is 16.9 Å². The first kappa shape index (κ1) is 30.8. The molecule has 0 radical (unpaired) electrons. The van der Waals surface area contributed by atoms with Crippen molar-refractivity contribution < 1.29 is 36.2 Å². The molecule has 2 saturated heterocycles. The molecule has 230 valence electrons. The summed E-state index contributed by atoms with van der Waals surface area (Å²) in [6.07, 6.45) is -0.206. The number of nitrogens with zero attached hydrogens (tertiary/aromatic N) is 3. The number of halogens is 6. The number of hydrogen-bond donors (Lipinski definition) is 1. The molecule has 11 heteroatoms. The van der Waals surface area contributed by atoms with Crippen LogP contribution in [0.25, 0.3) is 0 Å². The summed E-state index contributed by atoms with van der Waals surface area (Å²) in [5.74, 6) is -3.82. The maximum atomic E-state index is 14.7. The topological polar surface area (TPSA) is 56.7 Å². The smallest absolute Gasteiger partial charge is 0.417 e. The Hall–Kier alpha value is -2.66. The van der Waals surface area contributed by atoms with E-state index in [-0.39, 0.29) is 30.0 Å². The van der Waals surface area contributed by atoms with Crippen LogP contribution < -0.4 is 0 Å². The van der Waals surface area contributed by atoms with Crippen molar-refractivity contribution in [1.82, 2.24) is 14.8 Å². The molecular weight excluding hydrogens is 560 g/mol. The van der Waals surface area contributed by atoms with Gasteiger partial charge in [-0.1, -0.05) is 25.0 Å². The number of likely N-dealkylation sites (tertiary alicyclic amines) is 2. The number of piperidine rings is 1. The summed E-state index contributed by atoms with van der Waals surface area (Å²) < 4.78 is 81.8. The SMILES string of the molecule is O=C(O)C(CC1CC1)N1CC(CN2CCC(CCC(F)(F)c3ccc(C(F)(F)F)cn3)CC2)C(c2cccc(F)c2)C1. The van der Waals surface area contributed by atoms with E-state index in [2.05, 4.69) is 9.88 Å². The van der Waals surface area contributed by atoms with E-state index >= 15 is 0 Å². The molecule has 2 aromatic rings. The zero-order valence-corrected chi connectivity index (χ0v) is 23.4. The fourth-order valence-electron chi connectivity index (χ4n) is 6.62. The second-order valence-electron chi connectivity index (χ2n) is 12.3. The maximum absolute atomic E-state index is 14.7. The van der Waals surface area contributed by atoms with E-state index in [0.717, 1.165) is 37.3 Å². The zero-order chi connectivity index (χ0) is 30.1. The van der Waals surface area contributed by atoms with Crippen molar-refractivity contribution in [2.45, 2.75) is 69.0 Å². The van der Waals surface area contributed by atoms with Crippen molar-refractivity contribution >= 4 is 5.97 Å². The second kappa shape index (κ2) is 12.5. The fraction of sp³-hybridized carbons (Fsp3) is 0.613. The van der Waals surface area contributed by atoms with Crippen LogP contribution in [0, 0.1) is 23.6 Å². The van der Waals surface area contributed by atoms with Crippen molar-refractivity contribution in [3.05, 3.63) is 65.2 Å². The Morgan fingerprint density at radius 3 is 2.33 bits per heavy atom. The summed E-state index contributed by atoms with van der Waals surface area (Å²) in [5.41, 5.74) is -0.837. The Morgan fingerprint density at radius 2 is 1.74 bits per heavy atom. The first-order valence-corrected chi connectivity index (χ1v) is 14.8. The molecule has 5 rings (SSSR count). The van der Waals surface area contributed by atoms with Crippen LogP contribution in [-0.4, -0.2) is 64.6 Å². The number of carboxylic acids is 1. The lowest BCUT2D eigenvalue weighted by Crippen LogP contribution is -2.42. The minimum absolute atomic E-state index is 0.00518. The minimum atomic E-state index is -4.63. The molecule has 1 aromatic carbocycles. The second-order valence-corrected chi connectivity index (χ2v) is 12.3. The van der Waals surface area contributed by atoms with Gasteiger partial charge in [-0.15, -0.1) is 0 Å². The van der Waals surface area contributed by atoms with Crippen LogP contribution in [0.3, 0.4) is 0 Å². The van der Waals surface area contributed by atoms with Gasteiger partial charge in [-0.3, -0.25) is 14.7 Å². The van der Waals surface area contributed by atoms with E-state index in [0.29, 0.717) is 57.3 Å². The van der Waals surface area contributed by atoms with Gasteiger partial charge in [0.1, 0.15) is 17.6 Å². The van der Waals surface area contributed by atoms with Gasteiger partial charge in [0.2, 0.25) is 0 Å². The molecule has 3 fully saturated rings. The Balaban J connectivity index is 1.16. The Bertz CT molecular complexity index is 1210. The van der Waals surface area contributed by atoms with Crippen LogP contribution >= 0.6 is 0 Å². The fourth-order valence-corrected chi connectivity index (χ4v) is 6.62. The van der Waals surface area contributed by atoms with Gasteiger partial charge < -0.3 is 10.0 Å². The minimum Gasteiger partial charge on any atom is -0.480 e. The quantitative estimate of drug-likeness (QED) is 0.289. The molecule has 3 atom stereocenters. The van der Waals surface area contributed by atoms with Crippen LogP contribution in [0.1, 0.15) is 67.7 Å². The molecule has 2 aliphatic heterocycles. The van der Waals surface area contributed by atoms with E-state index in [4.69, 9.17) is 0 Å². The number of aromatic nitrogens is 1. The maximum Gasteiger partial charge on any atom is 0.417 e. The highest BCUT2D eigenvalue weighted by Gasteiger charge is 2.42. The van der Waals surface area contributed by atoms with Gasteiger partial charge in [-0.25, -0.2) is 4.39 Å². The molecule has 3 aliphatic rings. The Labute approximate surface area is 241 Å². The number of hydrogen-bond acceptors (Lipinski definition) is 4. The number of carbonyl (C=O) groups is 1. The highest BCUT2D eigenvalue weighted by Crippen LogP contribution is 2.40. The molecule has 1 aliphatic carbocycles. The predicted octanol–water partition coefficient (Wildman–Crippen LogP) is 6.79. The number of pyridine rings is 1. The average molecular weight is 598 g/mol. The first-order chi connectivity index (χ1) is 19.9. The third-order valence-electron chi connectivity index (χ3n) is 9.26. The number of alkyl halides is 5. The largest absolute Gasteiger partial charge is 0.480 e. The summed E-state index contributed by atoms with van der Waals surface area (Å²) in [4.78, 5) is 19.9. The van der Waals surface area contributed by atoms with Gasteiger partial charge >= 0.3 is 12.1 Å². The number of rotatable bonds is 11. The molecular formula is C31H37F6N3O2.